The number of hydrogen-bond donors (Lipinski definition) is 1. The van der Waals surface area contributed by atoms with Gasteiger partial charge in [-0.25, -0.2) is 0 Å². The van der Waals surface area contributed by atoms with E-state index in [2.05, 4.69) is 11.4 Å². The molecule has 0 radical (unpaired) electrons. The van der Waals surface area contributed by atoms with Crippen molar-refractivity contribution in [2.75, 3.05) is 6.61 Å². The number of nitrogens with one attached hydrogen (secondary N) is 1. The summed E-state index contributed by atoms with van der Waals surface area (Å²) >= 11 is 0. The molecule has 1 saturated carbocycles. The third kappa shape index (κ3) is 4.15. The van der Waals surface area contributed by atoms with Gasteiger partial charge in [0.25, 0.3) is 0 Å². The maximum absolute atomic E-state index is 8.80. The highest BCUT2D eigenvalue weighted by molar-refractivity contribution is 5.43. The quantitative estimate of drug-likeness (QED) is 0.818. The van der Waals surface area contributed by atoms with Crippen LogP contribution >= 0.6 is 0 Å². The van der Waals surface area contributed by atoms with Crippen LogP contribution in [0.5, 0.6) is 11.5 Å². The molecule has 1 aliphatic rings. The molecule has 4 heteroatoms. The maximum atomic E-state index is 8.80. The highest BCUT2D eigenvalue weighted by Gasteiger charge is 2.20. The summed E-state index contributed by atoms with van der Waals surface area (Å²) in [6.07, 6.45) is 2.08. The number of hydrogen-bond acceptors (Lipinski definition) is 4. The molecule has 1 unspecified atom stereocenters. The topological polar surface area (TPSA) is 54.3 Å². The minimum absolute atomic E-state index is 0.477. The Morgan fingerprint density at radius 2 is 2.21 bits per heavy atom. The number of nitrogens with zero attached hydrogens (tertiary/aromatic N) is 1. The van der Waals surface area contributed by atoms with Crippen molar-refractivity contribution in [3.05, 3.63) is 23.8 Å². The van der Waals surface area contributed by atoms with Crippen LogP contribution in [-0.4, -0.2) is 18.8 Å². The summed E-state index contributed by atoms with van der Waals surface area (Å²) in [4.78, 5) is 0. The summed E-state index contributed by atoms with van der Waals surface area (Å²) in [7, 11) is 0. The third-order valence-corrected chi connectivity index (χ3v) is 2.97. The minimum Gasteiger partial charge on any atom is -0.490 e. The van der Waals surface area contributed by atoms with Gasteiger partial charge in [-0.05, 0) is 44.4 Å². The molecule has 1 aromatic carbocycles. The van der Waals surface area contributed by atoms with Crippen LogP contribution in [0.15, 0.2) is 18.2 Å². The standard InChI is InChI=1S/C15H20N2O2/c1-3-18-15-8-12(10-17-13-5-6-13)4-7-14(15)19-11(2)9-16/h4,7-8,11,13,17H,3,5-6,10H2,1-2H3. The zero-order valence-corrected chi connectivity index (χ0v) is 11.5. The molecule has 102 valence electrons. The van der Waals surface area contributed by atoms with E-state index < -0.39 is 6.10 Å². The monoisotopic (exact) mass is 260 g/mol. The minimum atomic E-state index is -0.477. The molecular formula is C15H20N2O2. The third-order valence-electron chi connectivity index (χ3n) is 2.97. The van der Waals surface area contributed by atoms with Crippen molar-refractivity contribution in [3.8, 4) is 17.6 Å². The molecule has 0 aromatic heterocycles. The number of nitriles is 1. The first-order valence-corrected chi connectivity index (χ1v) is 6.78. The van der Waals surface area contributed by atoms with Gasteiger partial charge in [-0.2, -0.15) is 5.26 Å². The van der Waals surface area contributed by atoms with Crippen LogP contribution in [-0.2, 0) is 6.54 Å². The molecule has 0 aliphatic heterocycles. The lowest BCUT2D eigenvalue weighted by molar-refractivity contribution is 0.249. The van der Waals surface area contributed by atoms with E-state index in [4.69, 9.17) is 14.7 Å². The largest absolute Gasteiger partial charge is 0.490 e. The van der Waals surface area contributed by atoms with E-state index in [1.165, 1.54) is 18.4 Å². The average Bonchev–Trinajstić information content (AvgIpc) is 3.23. The first-order valence-electron chi connectivity index (χ1n) is 6.78. The molecule has 19 heavy (non-hydrogen) atoms. The fraction of sp³-hybridized carbons (Fsp3) is 0.533. The van der Waals surface area contributed by atoms with Crippen molar-refractivity contribution in [1.82, 2.24) is 5.32 Å². The molecule has 1 atom stereocenters. The van der Waals surface area contributed by atoms with E-state index >= 15 is 0 Å². The molecule has 1 fully saturated rings. The average molecular weight is 260 g/mol. The van der Waals surface area contributed by atoms with Gasteiger partial charge in [-0.1, -0.05) is 6.07 Å². The van der Waals surface area contributed by atoms with Crippen LogP contribution in [0.1, 0.15) is 32.3 Å². The lowest BCUT2D eigenvalue weighted by atomic mass is 10.2. The van der Waals surface area contributed by atoms with Gasteiger partial charge >= 0.3 is 0 Å². The van der Waals surface area contributed by atoms with E-state index in [0.717, 1.165) is 6.54 Å². The fourth-order valence-electron chi connectivity index (χ4n) is 1.79. The molecule has 0 amide bonds. The van der Waals surface area contributed by atoms with Crippen molar-refractivity contribution < 1.29 is 9.47 Å². The summed E-state index contributed by atoms with van der Waals surface area (Å²) in [6, 6.07) is 8.61. The Balaban J connectivity index is 2.06. The van der Waals surface area contributed by atoms with E-state index in [1.807, 2.05) is 25.1 Å². The summed E-state index contributed by atoms with van der Waals surface area (Å²) in [6.45, 7) is 5.08. The predicted molar refractivity (Wildman–Crippen MR) is 73.2 cm³/mol. The molecule has 0 spiro atoms. The van der Waals surface area contributed by atoms with Gasteiger partial charge in [0.2, 0.25) is 0 Å². The SMILES string of the molecule is CCOc1cc(CNC2CC2)ccc1OC(C)C#N. The Kier molecular flexibility index (Phi) is 4.64. The van der Waals surface area contributed by atoms with Crippen LogP contribution in [0.2, 0.25) is 0 Å². The summed E-state index contributed by atoms with van der Waals surface area (Å²) in [5, 5.41) is 12.3. The van der Waals surface area contributed by atoms with Crippen LogP contribution in [0.3, 0.4) is 0 Å². The van der Waals surface area contributed by atoms with Crippen molar-refractivity contribution in [2.45, 2.75) is 45.4 Å². The molecule has 1 N–H and O–H groups in total. The molecule has 1 aromatic rings. The summed E-state index contributed by atoms with van der Waals surface area (Å²) in [5.74, 6) is 1.34. The van der Waals surface area contributed by atoms with Gasteiger partial charge in [0.05, 0.1) is 6.61 Å². The zero-order valence-electron chi connectivity index (χ0n) is 11.5. The second kappa shape index (κ2) is 6.44. The van der Waals surface area contributed by atoms with Crippen LogP contribution < -0.4 is 14.8 Å². The molecule has 2 rings (SSSR count). The molecule has 0 saturated heterocycles. The zero-order chi connectivity index (χ0) is 13.7. The van der Waals surface area contributed by atoms with Gasteiger partial charge in [-0.15, -0.1) is 0 Å². The summed E-state index contributed by atoms with van der Waals surface area (Å²) in [5.41, 5.74) is 1.17. The number of benzene rings is 1. The Labute approximate surface area is 114 Å². The van der Waals surface area contributed by atoms with Gasteiger partial charge in [0, 0.05) is 12.6 Å². The fourth-order valence-corrected chi connectivity index (χ4v) is 1.79. The maximum Gasteiger partial charge on any atom is 0.181 e. The van der Waals surface area contributed by atoms with E-state index in [0.29, 0.717) is 24.1 Å². The molecule has 4 nitrogen and oxygen atoms in total. The molecular weight excluding hydrogens is 240 g/mol. The Bertz CT molecular complexity index is 464. The molecule has 1 aliphatic carbocycles. The number of ether oxygens (including phenoxy) is 2. The lowest BCUT2D eigenvalue weighted by Gasteiger charge is -2.14. The second-order valence-electron chi connectivity index (χ2n) is 4.76. The normalized spacial score (nSPS) is 15.6. The van der Waals surface area contributed by atoms with E-state index in [9.17, 15) is 0 Å². The van der Waals surface area contributed by atoms with Crippen LogP contribution in [0, 0.1) is 11.3 Å². The first-order chi connectivity index (χ1) is 9.22. The van der Waals surface area contributed by atoms with Gasteiger partial charge in [0.1, 0.15) is 6.07 Å². The number of rotatable bonds is 7. The molecule has 0 heterocycles. The van der Waals surface area contributed by atoms with E-state index in [1.54, 1.807) is 6.92 Å². The Hall–Kier alpha value is -1.73. The highest BCUT2D eigenvalue weighted by atomic mass is 16.5. The summed E-state index contributed by atoms with van der Waals surface area (Å²) < 4.78 is 11.1. The van der Waals surface area contributed by atoms with Gasteiger partial charge < -0.3 is 14.8 Å². The second-order valence-corrected chi connectivity index (χ2v) is 4.76. The van der Waals surface area contributed by atoms with Crippen molar-refractivity contribution in [1.29, 1.82) is 5.26 Å². The van der Waals surface area contributed by atoms with Crippen molar-refractivity contribution in [2.24, 2.45) is 0 Å². The predicted octanol–water partition coefficient (Wildman–Crippen LogP) is 2.63. The van der Waals surface area contributed by atoms with Crippen molar-refractivity contribution in [3.63, 3.8) is 0 Å². The smallest absolute Gasteiger partial charge is 0.181 e. The lowest BCUT2D eigenvalue weighted by Crippen LogP contribution is -2.15. The van der Waals surface area contributed by atoms with E-state index in [-0.39, 0.29) is 0 Å². The first kappa shape index (κ1) is 13.7. The van der Waals surface area contributed by atoms with Gasteiger partial charge in [0.15, 0.2) is 17.6 Å². The molecule has 0 bridgehead atoms. The van der Waals surface area contributed by atoms with Crippen molar-refractivity contribution >= 4 is 0 Å². The van der Waals surface area contributed by atoms with Crippen LogP contribution in [0.4, 0.5) is 0 Å². The van der Waals surface area contributed by atoms with Crippen LogP contribution in [0.25, 0.3) is 0 Å². The Morgan fingerprint density at radius 1 is 1.42 bits per heavy atom. The Morgan fingerprint density at radius 3 is 2.84 bits per heavy atom. The van der Waals surface area contributed by atoms with Gasteiger partial charge in [-0.3, -0.25) is 0 Å². The highest BCUT2D eigenvalue weighted by Crippen LogP contribution is 2.30.